The molecule has 0 aliphatic rings. The normalized spacial score (nSPS) is 10.4. The van der Waals surface area contributed by atoms with Crippen LogP contribution in [0.5, 0.6) is 0 Å². The van der Waals surface area contributed by atoms with Gasteiger partial charge in [0.1, 0.15) is 0 Å². The number of anilines is 1. The first-order valence-electron chi connectivity index (χ1n) is 4.43. The van der Waals surface area contributed by atoms with E-state index in [1.807, 2.05) is 32.0 Å². The summed E-state index contributed by atoms with van der Waals surface area (Å²) in [7, 11) is 0. The van der Waals surface area contributed by atoms with Gasteiger partial charge in [0.2, 0.25) is 0 Å². The first kappa shape index (κ1) is 8.74. The molecule has 0 atom stereocenters. The zero-order valence-corrected chi connectivity index (χ0v) is 8.23. The van der Waals surface area contributed by atoms with Gasteiger partial charge in [-0.2, -0.15) is 0 Å². The molecule has 72 valence electrons. The molecule has 2 aromatic rings. The summed E-state index contributed by atoms with van der Waals surface area (Å²) in [6.45, 7) is 4.08. The molecule has 2 N–H and O–H groups in total. The van der Waals surface area contributed by atoms with Gasteiger partial charge in [-0.3, -0.25) is 0 Å². The summed E-state index contributed by atoms with van der Waals surface area (Å²) in [5.41, 5.74) is 8.90. The molecule has 0 aliphatic heterocycles. The minimum absolute atomic E-state index is 0.438. The highest BCUT2D eigenvalue weighted by molar-refractivity contribution is 5.47. The Morgan fingerprint density at radius 1 is 1.21 bits per heavy atom. The zero-order chi connectivity index (χ0) is 10.1. The lowest BCUT2D eigenvalue weighted by atomic mass is 10.1. The molecule has 0 bridgehead atoms. The average Bonchev–Trinajstić information content (AvgIpc) is 2.51. The molecule has 0 aliphatic carbocycles. The van der Waals surface area contributed by atoms with Crippen LogP contribution < -0.4 is 5.73 Å². The number of hydrogen-bond donors (Lipinski definition) is 1. The fourth-order valence-corrected chi connectivity index (χ4v) is 1.55. The largest absolute Gasteiger partial charge is 0.381 e. The SMILES string of the molecule is Cc1cccc(C)c1-n1cc(N)nn1. The van der Waals surface area contributed by atoms with E-state index in [0.717, 1.165) is 16.8 Å². The molecule has 14 heavy (non-hydrogen) atoms. The number of hydrogen-bond acceptors (Lipinski definition) is 3. The summed E-state index contributed by atoms with van der Waals surface area (Å²) in [6, 6.07) is 6.11. The summed E-state index contributed by atoms with van der Waals surface area (Å²) < 4.78 is 1.71. The predicted molar refractivity (Wildman–Crippen MR) is 55.2 cm³/mol. The monoisotopic (exact) mass is 188 g/mol. The first-order valence-corrected chi connectivity index (χ1v) is 4.43. The Labute approximate surface area is 82.4 Å². The second kappa shape index (κ2) is 3.14. The van der Waals surface area contributed by atoms with E-state index in [-0.39, 0.29) is 0 Å². The lowest BCUT2D eigenvalue weighted by Gasteiger charge is -2.07. The molecular weight excluding hydrogens is 176 g/mol. The molecule has 0 fully saturated rings. The highest BCUT2D eigenvalue weighted by atomic mass is 15.4. The highest BCUT2D eigenvalue weighted by Gasteiger charge is 2.05. The Bertz CT molecular complexity index is 439. The third-order valence-corrected chi connectivity index (χ3v) is 2.18. The summed E-state index contributed by atoms with van der Waals surface area (Å²) in [5.74, 6) is 0.438. The average molecular weight is 188 g/mol. The number of para-hydroxylation sites is 1. The molecule has 0 saturated carbocycles. The van der Waals surface area contributed by atoms with Crippen LogP contribution >= 0.6 is 0 Å². The Morgan fingerprint density at radius 2 is 1.86 bits per heavy atom. The zero-order valence-electron chi connectivity index (χ0n) is 8.23. The van der Waals surface area contributed by atoms with Gasteiger partial charge in [0.05, 0.1) is 11.9 Å². The van der Waals surface area contributed by atoms with Crippen molar-refractivity contribution < 1.29 is 0 Å². The van der Waals surface area contributed by atoms with Gasteiger partial charge < -0.3 is 5.73 Å². The Morgan fingerprint density at radius 3 is 2.36 bits per heavy atom. The molecule has 0 saturated heterocycles. The number of nitrogen functional groups attached to an aromatic ring is 1. The third-order valence-electron chi connectivity index (χ3n) is 2.18. The second-order valence-electron chi connectivity index (χ2n) is 3.33. The maximum atomic E-state index is 5.52. The molecule has 0 radical (unpaired) electrons. The number of nitrogens with zero attached hydrogens (tertiary/aromatic N) is 3. The van der Waals surface area contributed by atoms with Crippen LogP contribution in [0.4, 0.5) is 5.82 Å². The number of benzene rings is 1. The molecule has 0 amide bonds. The van der Waals surface area contributed by atoms with Crippen molar-refractivity contribution in [1.82, 2.24) is 15.0 Å². The standard InChI is InChI=1S/C10H12N4/c1-7-4-3-5-8(2)10(7)14-6-9(11)12-13-14/h3-6H,11H2,1-2H3. The van der Waals surface area contributed by atoms with Crippen molar-refractivity contribution in [3.8, 4) is 5.69 Å². The fraction of sp³-hybridized carbons (Fsp3) is 0.200. The quantitative estimate of drug-likeness (QED) is 0.737. The maximum Gasteiger partial charge on any atom is 0.166 e. The van der Waals surface area contributed by atoms with Crippen LogP contribution in [-0.2, 0) is 0 Å². The molecule has 1 heterocycles. The molecule has 0 spiro atoms. The van der Waals surface area contributed by atoms with E-state index in [0.29, 0.717) is 5.82 Å². The Kier molecular flexibility index (Phi) is 1.96. The van der Waals surface area contributed by atoms with E-state index in [1.165, 1.54) is 0 Å². The highest BCUT2D eigenvalue weighted by Crippen LogP contribution is 2.17. The van der Waals surface area contributed by atoms with E-state index in [4.69, 9.17) is 5.73 Å². The first-order chi connectivity index (χ1) is 6.68. The fourth-order valence-electron chi connectivity index (χ4n) is 1.55. The summed E-state index contributed by atoms with van der Waals surface area (Å²) in [4.78, 5) is 0. The van der Waals surface area contributed by atoms with Crippen LogP contribution in [0.2, 0.25) is 0 Å². The van der Waals surface area contributed by atoms with E-state index >= 15 is 0 Å². The van der Waals surface area contributed by atoms with Crippen molar-refractivity contribution in [3.63, 3.8) is 0 Å². The number of aryl methyl sites for hydroxylation is 2. The van der Waals surface area contributed by atoms with Gasteiger partial charge in [-0.05, 0) is 25.0 Å². The van der Waals surface area contributed by atoms with Gasteiger partial charge in [0.15, 0.2) is 5.82 Å². The number of aromatic nitrogens is 3. The van der Waals surface area contributed by atoms with Crippen LogP contribution in [0.15, 0.2) is 24.4 Å². The molecule has 4 nitrogen and oxygen atoms in total. The second-order valence-corrected chi connectivity index (χ2v) is 3.33. The van der Waals surface area contributed by atoms with Crippen LogP contribution in [0.3, 0.4) is 0 Å². The minimum Gasteiger partial charge on any atom is -0.381 e. The van der Waals surface area contributed by atoms with Gasteiger partial charge in [0, 0.05) is 0 Å². The lowest BCUT2D eigenvalue weighted by molar-refractivity contribution is 0.794. The van der Waals surface area contributed by atoms with Gasteiger partial charge in [-0.25, -0.2) is 4.68 Å². The van der Waals surface area contributed by atoms with Gasteiger partial charge >= 0.3 is 0 Å². The van der Waals surface area contributed by atoms with Crippen molar-refractivity contribution >= 4 is 5.82 Å². The third kappa shape index (κ3) is 1.35. The van der Waals surface area contributed by atoms with Crippen molar-refractivity contribution in [2.75, 3.05) is 5.73 Å². The van der Waals surface area contributed by atoms with Crippen LogP contribution in [0.1, 0.15) is 11.1 Å². The number of nitrogens with two attached hydrogens (primary N) is 1. The summed E-state index contributed by atoms with van der Waals surface area (Å²) in [5, 5.41) is 7.72. The number of rotatable bonds is 1. The maximum absolute atomic E-state index is 5.52. The van der Waals surface area contributed by atoms with E-state index in [2.05, 4.69) is 10.3 Å². The van der Waals surface area contributed by atoms with E-state index in [1.54, 1.807) is 10.9 Å². The van der Waals surface area contributed by atoms with Gasteiger partial charge in [-0.1, -0.05) is 23.4 Å². The predicted octanol–water partition coefficient (Wildman–Crippen LogP) is 1.47. The van der Waals surface area contributed by atoms with Gasteiger partial charge in [0.25, 0.3) is 0 Å². The summed E-state index contributed by atoms with van der Waals surface area (Å²) in [6.07, 6.45) is 1.72. The molecule has 1 aromatic carbocycles. The molecular formula is C10H12N4. The van der Waals surface area contributed by atoms with Crippen molar-refractivity contribution in [2.24, 2.45) is 0 Å². The van der Waals surface area contributed by atoms with Crippen LogP contribution in [0, 0.1) is 13.8 Å². The van der Waals surface area contributed by atoms with Crippen molar-refractivity contribution in [1.29, 1.82) is 0 Å². The molecule has 0 unspecified atom stereocenters. The Hall–Kier alpha value is -1.84. The van der Waals surface area contributed by atoms with E-state index in [9.17, 15) is 0 Å². The molecule has 4 heteroatoms. The van der Waals surface area contributed by atoms with Crippen molar-refractivity contribution in [3.05, 3.63) is 35.5 Å². The van der Waals surface area contributed by atoms with Crippen LogP contribution in [-0.4, -0.2) is 15.0 Å². The molecule has 2 rings (SSSR count). The van der Waals surface area contributed by atoms with Crippen molar-refractivity contribution in [2.45, 2.75) is 13.8 Å². The van der Waals surface area contributed by atoms with Gasteiger partial charge in [-0.15, -0.1) is 5.10 Å². The summed E-state index contributed by atoms with van der Waals surface area (Å²) >= 11 is 0. The van der Waals surface area contributed by atoms with Crippen LogP contribution in [0.25, 0.3) is 5.69 Å². The Balaban J connectivity index is 2.61. The smallest absolute Gasteiger partial charge is 0.166 e. The van der Waals surface area contributed by atoms with E-state index < -0.39 is 0 Å². The minimum atomic E-state index is 0.438. The molecule has 1 aromatic heterocycles. The lowest BCUT2D eigenvalue weighted by Crippen LogP contribution is -2.00. The topological polar surface area (TPSA) is 56.7 Å².